The van der Waals surface area contributed by atoms with Gasteiger partial charge in [-0.1, -0.05) is 48.0 Å². The molecule has 0 aliphatic carbocycles. The average molecular weight is 421 g/mol. The Labute approximate surface area is 175 Å². The largest absolute Gasteiger partial charge is 0.460 e. The van der Waals surface area contributed by atoms with E-state index >= 15 is 0 Å². The number of halogens is 1. The van der Waals surface area contributed by atoms with Crippen LogP contribution in [0.15, 0.2) is 59.5 Å². The normalized spacial score (nSPS) is 14.9. The summed E-state index contributed by atoms with van der Waals surface area (Å²) in [5, 5.41) is 0. The van der Waals surface area contributed by atoms with Gasteiger partial charge in [-0.25, -0.2) is 0 Å². The van der Waals surface area contributed by atoms with E-state index in [1.807, 2.05) is 82.3 Å². The molecule has 0 aliphatic rings. The van der Waals surface area contributed by atoms with Gasteiger partial charge in [-0.3, -0.25) is 9.00 Å². The van der Waals surface area contributed by atoms with Crippen molar-refractivity contribution in [2.75, 3.05) is 0 Å². The van der Waals surface area contributed by atoms with Gasteiger partial charge < -0.3 is 4.74 Å². The maximum absolute atomic E-state index is 12.8. The van der Waals surface area contributed by atoms with E-state index in [-0.39, 0.29) is 5.97 Å². The van der Waals surface area contributed by atoms with Crippen LogP contribution in [0.4, 0.5) is 0 Å². The number of alkyl halides is 1. The molecule has 0 heterocycles. The molecule has 2 aromatic carbocycles. The molecule has 5 heteroatoms. The summed E-state index contributed by atoms with van der Waals surface area (Å²) in [6.07, 6.45) is 1.66. The van der Waals surface area contributed by atoms with Crippen molar-refractivity contribution in [2.24, 2.45) is 5.92 Å². The minimum atomic E-state index is -1.39. The Morgan fingerprint density at radius 3 is 2.25 bits per heavy atom. The lowest BCUT2D eigenvalue weighted by Gasteiger charge is -2.25. The minimum Gasteiger partial charge on any atom is -0.460 e. The van der Waals surface area contributed by atoms with Gasteiger partial charge in [-0.2, -0.15) is 0 Å². The summed E-state index contributed by atoms with van der Waals surface area (Å²) < 4.78 is 17.7. The molecule has 0 saturated carbocycles. The van der Waals surface area contributed by atoms with Crippen LogP contribution in [-0.4, -0.2) is 20.5 Å². The summed E-state index contributed by atoms with van der Waals surface area (Å²) in [4.78, 5) is 13.4. The lowest BCUT2D eigenvalue weighted by molar-refractivity contribution is -0.160. The van der Waals surface area contributed by atoms with Crippen LogP contribution in [0, 0.1) is 12.8 Å². The second-order valence-electron chi connectivity index (χ2n) is 8.01. The van der Waals surface area contributed by atoms with Gasteiger partial charge in [-0.05, 0) is 64.7 Å². The first-order valence-corrected chi connectivity index (χ1v) is 11.2. The molecule has 2 rings (SSSR count). The molecular formula is C23H29ClO3S. The summed E-state index contributed by atoms with van der Waals surface area (Å²) in [6, 6.07) is 17.5. The zero-order chi connectivity index (χ0) is 20.7. The van der Waals surface area contributed by atoms with Gasteiger partial charge >= 0.3 is 5.97 Å². The number of rotatable bonds is 8. The highest BCUT2D eigenvalue weighted by Gasteiger charge is 2.29. The third-order valence-electron chi connectivity index (χ3n) is 4.32. The molecule has 0 amide bonds. The van der Waals surface area contributed by atoms with Crippen LogP contribution in [0.1, 0.15) is 44.7 Å². The highest BCUT2D eigenvalue weighted by molar-refractivity contribution is 7.87. The molecule has 0 bridgehead atoms. The van der Waals surface area contributed by atoms with Gasteiger partial charge in [0.15, 0.2) is 0 Å². The highest BCUT2D eigenvalue weighted by Crippen LogP contribution is 2.26. The monoisotopic (exact) mass is 420 g/mol. The summed E-state index contributed by atoms with van der Waals surface area (Å²) in [6.45, 7) is 7.53. The smallest absolute Gasteiger partial charge is 0.309 e. The second kappa shape index (κ2) is 10.2. The third-order valence-corrected chi connectivity index (χ3v) is 6.38. The van der Waals surface area contributed by atoms with Crippen LogP contribution in [0.25, 0.3) is 0 Å². The number of ether oxygens (including phenoxy) is 1. The molecular weight excluding hydrogens is 392 g/mol. The first-order valence-electron chi connectivity index (χ1n) is 9.54. The number of carbonyl (C=O) groups is 1. The third kappa shape index (κ3) is 7.40. The highest BCUT2D eigenvalue weighted by atomic mass is 35.5. The second-order valence-corrected chi connectivity index (χ2v) is 10.4. The van der Waals surface area contributed by atoms with Gasteiger partial charge in [0.25, 0.3) is 0 Å². The Morgan fingerprint density at radius 1 is 1.07 bits per heavy atom. The van der Waals surface area contributed by atoms with Crippen molar-refractivity contribution >= 4 is 28.4 Å². The van der Waals surface area contributed by atoms with Gasteiger partial charge in [0.1, 0.15) is 10.3 Å². The summed E-state index contributed by atoms with van der Waals surface area (Å²) in [7, 11) is -1.39. The zero-order valence-electron chi connectivity index (χ0n) is 17.0. The van der Waals surface area contributed by atoms with Crippen LogP contribution >= 0.6 is 11.6 Å². The maximum Gasteiger partial charge on any atom is 0.309 e. The first-order chi connectivity index (χ1) is 13.2. The Morgan fingerprint density at radius 2 is 1.68 bits per heavy atom. The average Bonchev–Trinajstić information content (AvgIpc) is 2.64. The van der Waals surface area contributed by atoms with Crippen molar-refractivity contribution < 1.29 is 13.7 Å². The lowest BCUT2D eigenvalue weighted by atomic mass is 9.97. The molecule has 3 atom stereocenters. The molecule has 3 unspecified atom stereocenters. The van der Waals surface area contributed by atoms with E-state index in [9.17, 15) is 9.00 Å². The first kappa shape index (κ1) is 22.6. The van der Waals surface area contributed by atoms with E-state index in [0.29, 0.717) is 17.7 Å². The number of aryl methyl sites for hydroxylation is 2. The van der Waals surface area contributed by atoms with Crippen LogP contribution in [0.2, 0.25) is 0 Å². The molecule has 0 fully saturated rings. The molecule has 28 heavy (non-hydrogen) atoms. The topological polar surface area (TPSA) is 43.4 Å². The molecule has 0 N–H and O–H groups in total. The van der Waals surface area contributed by atoms with E-state index in [4.69, 9.17) is 16.3 Å². The van der Waals surface area contributed by atoms with Crippen LogP contribution in [0.3, 0.4) is 0 Å². The van der Waals surface area contributed by atoms with E-state index in [0.717, 1.165) is 17.5 Å². The maximum atomic E-state index is 12.8. The zero-order valence-corrected chi connectivity index (χ0v) is 18.6. The molecule has 0 saturated heterocycles. The van der Waals surface area contributed by atoms with Gasteiger partial charge in [-0.15, -0.1) is 11.6 Å². The summed E-state index contributed by atoms with van der Waals surface area (Å²) in [5.74, 6) is -0.689. The fourth-order valence-corrected chi connectivity index (χ4v) is 4.46. The Hall–Kier alpha value is -1.65. The predicted molar refractivity (Wildman–Crippen MR) is 116 cm³/mol. The predicted octanol–water partition coefficient (Wildman–Crippen LogP) is 5.65. The van der Waals surface area contributed by atoms with Crippen LogP contribution in [0.5, 0.6) is 0 Å². The number of carbonyl (C=O) groups excluding carboxylic acids is 1. The van der Waals surface area contributed by atoms with Crippen molar-refractivity contribution in [1.82, 2.24) is 0 Å². The number of hydrogen-bond acceptors (Lipinski definition) is 3. The van der Waals surface area contributed by atoms with E-state index < -0.39 is 27.0 Å². The fourth-order valence-electron chi connectivity index (χ4n) is 2.83. The van der Waals surface area contributed by atoms with Gasteiger partial charge in [0.2, 0.25) is 0 Å². The summed E-state index contributed by atoms with van der Waals surface area (Å²) in [5.41, 5.74) is 1.68. The van der Waals surface area contributed by atoms with Crippen molar-refractivity contribution in [3.8, 4) is 0 Å². The molecule has 0 spiro atoms. The Balaban J connectivity index is 2.09. The van der Waals surface area contributed by atoms with Crippen molar-refractivity contribution in [2.45, 2.75) is 62.2 Å². The molecule has 152 valence electrons. The quantitative estimate of drug-likeness (QED) is 0.409. The fraction of sp³-hybridized carbons (Fsp3) is 0.435. The SMILES string of the molecule is Cc1ccc(S(=O)C(Cl)CC(CCc2ccccc2)C(=O)OC(C)(C)C)cc1. The van der Waals surface area contributed by atoms with Crippen LogP contribution in [-0.2, 0) is 26.8 Å². The van der Waals surface area contributed by atoms with Crippen molar-refractivity contribution in [3.63, 3.8) is 0 Å². The van der Waals surface area contributed by atoms with E-state index in [1.54, 1.807) is 0 Å². The van der Waals surface area contributed by atoms with Crippen molar-refractivity contribution in [3.05, 3.63) is 65.7 Å². The minimum absolute atomic E-state index is 0.282. The lowest BCUT2D eigenvalue weighted by Crippen LogP contribution is -2.31. The van der Waals surface area contributed by atoms with Gasteiger partial charge in [0.05, 0.1) is 16.7 Å². The van der Waals surface area contributed by atoms with Crippen molar-refractivity contribution in [1.29, 1.82) is 0 Å². The summed E-state index contributed by atoms with van der Waals surface area (Å²) >= 11 is 6.49. The molecule has 0 radical (unpaired) electrons. The van der Waals surface area contributed by atoms with E-state index in [1.165, 1.54) is 0 Å². The van der Waals surface area contributed by atoms with Gasteiger partial charge in [0, 0.05) is 4.90 Å². The molecule has 3 nitrogen and oxygen atoms in total. The molecule has 0 aromatic heterocycles. The standard InChI is InChI=1S/C23H29ClO3S/c1-17-10-14-20(15-11-17)28(26)21(24)16-19(22(25)27-23(2,3)4)13-12-18-8-6-5-7-9-18/h5-11,14-15,19,21H,12-13,16H2,1-4H3. The van der Waals surface area contributed by atoms with Crippen LogP contribution < -0.4 is 0 Å². The van der Waals surface area contributed by atoms with E-state index in [2.05, 4.69) is 0 Å². The Bertz CT molecular complexity index is 782. The number of esters is 1. The number of hydrogen-bond donors (Lipinski definition) is 0. The number of benzene rings is 2. The molecule has 2 aromatic rings. The Kier molecular flexibility index (Phi) is 8.26. The molecule has 0 aliphatic heterocycles.